The summed E-state index contributed by atoms with van der Waals surface area (Å²) in [6, 6.07) is 6.54. The van der Waals surface area contributed by atoms with Crippen LogP contribution in [-0.4, -0.2) is 15.9 Å². The van der Waals surface area contributed by atoms with Crippen molar-refractivity contribution in [1.82, 2.24) is 5.32 Å². The van der Waals surface area contributed by atoms with Gasteiger partial charge in [-0.2, -0.15) is 5.26 Å². The fourth-order valence-corrected chi connectivity index (χ4v) is 5.33. The molecule has 0 saturated carbocycles. The number of hydrogen-bond acceptors (Lipinski definition) is 6. The Kier molecular flexibility index (Phi) is 6.43. The summed E-state index contributed by atoms with van der Waals surface area (Å²) < 4.78 is 0. The van der Waals surface area contributed by atoms with Crippen molar-refractivity contribution in [2.45, 2.75) is 47.0 Å². The van der Waals surface area contributed by atoms with Crippen molar-refractivity contribution in [3.63, 3.8) is 0 Å². The summed E-state index contributed by atoms with van der Waals surface area (Å²) in [5.74, 6) is -0.00440. The van der Waals surface area contributed by atoms with Gasteiger partial charge in [0.25, 0.3) is 11.6 Å². The summed E-state index contributed by atoms with van der Waals surface area (Å²) in [7, 11) is 0. The van der Waals surface area contributed by atoms with Crippen molar-refractivity contribution in [2.24, 2.45) is 11.3 Å². The number of rotatable bonds is 3. The van der Waals surface area contributed by atoms with E-state index in [-0.39, 0.29) is 21.8 Å². The molecule has 2 N–H and O–H groups in total. The lowest BCUT2D eigenvalue weighted by Gasteiger charge is -2.33. The Morgan fingerprint density at radius 2 is 2.10 bits per heavy atom. The number of nitro groups is 1. The third kappa shape index (κ3) is 4.92. The van der Waals surface area contributed by atoms with Crippen molar-refractivity contribution in [3.8, 4) is 6.07 Å². The summed E-state index contributed by atoms with van der Waals surface area (Å²) in [6.07, 6.45) is 2.81. The standard InChI is InChI=1S/C22H24N4O3S2/c1-12-5-6-13(9-17(12)26(28)29)19(27)24-21(30)25-20-16(11-23)15-8-7-14(22(2,3)4)10-18(15)31-20/h5-6,9,14H,7-8,10H2,1-4H3,(H2,24,25,27,30). The van der Waals surface area contributed by atoms with Crippen LogP contribution in [0.25, 0.3) is 0 Å². The van der Waals surface area contributed by atoms with Gasteiger partial charge in [-0.15, -0.1) is 11.3 Å². The van der Waals surface area contributed by atoms with Crippen LogP contribution >= 0.6 is 23.6 Å². The Morgan fingerprint density at radius 1 is 1.39 bits per heavy atom. The molecule has 3 rings (SSSR count). The van der Waals surface area contributed by atoms with Crippen LogP contribution in [0.3, 0.4) is 0 Å². The molecule has 31 heavy (non-hydrogen) atoms. The minimum Gasteiger partial charge on any atom is -0.323 e. The number of fused-ring (bicyclic) bond motifs is 1. The molecule has 0 aliphatic heterocycles. The first-order valence-corrected chi connectivity index (χ1v) is 11.2. The molecular formula is C22H24N4O3S2. The van der Waals surface area contributed by atoms with Gasteiger partial charge in [-0.25, -0.2) is 0 Å². The normalized spacial score (nSPS) is 15.5. The summed E-state index contributed by atoms with van der Waals surface area (Å²) in [5.41, 5.74) is 2.33. The zero-order valence-electron chi connectivity index (χ0n) is 17.9. The number of anilines is 1. The lowest BCUT2D eigenvalue weighted by molar-refractivity contribution is -0.385. The van der Waals surface area contributed by atoms with Gasteiger partial charge in [-0.1, -0.05) is 26.8 Å². The van der Waals surface area contributed by atoms with E-state index >= 15 is 0 Å². The molecule has 1 aromatic carbocycles. The molecule has 0 bridgehead atoms. The van der Waals surface area contributed by atoms with Gasteiger partial charge in [-0.3, -0.25) is 20.2 Å². The van der Waals surface area contributed by atoms with E-state index in [1.807, 2.05) is 0 Å². The van der Waals surface area contributed by atoms with E-state index in [0.29, 0.717) is 22.0 Å². The van der Waals surface area contributed by atoms with E-state index in [2.05, 4.69) is 37.5 Å². The Labute approximate surface area is 190 Å². The van der Waals surface area contributed by atoms with Crippen LogP contribution in [0.4, 0.5) is 10.7 Å². The Morgan fingerprint density at radius 3 is 2.71 bits per heavy atom. The smallest absolute Gasteiger partial charge is 0.273 e. The highest BCUT2D eigenvalue weighted by atomic mass is 32.1. The number of aryl methyl sites for hydroxylation is 1. The number of thiophene rings is 1. The fourth-order valence-electron chi connectivity index (χ4n) is 3.79. The minimum absolute atomic E-state index is 0.0516. The molecule has 0 radical (unpaired) electrons. The zero-order valence-corrected chi connectivity index (χ0v) is 19.5. The van der Waals surface area contributed by atoms with Crippen LogP contribution in [0.15, 0.2) is 18.2 Å². The molecule has 1 aliphatic carbocycles. The number of carbonyl (C=O) groups excluding carboxylic acids is 1. The third-order valence-electron chi connectivity index (χ3n) is 5.72. The molecule has 1 atom stereocenters. The van der Waals surface area contributed by atoms with Gasteiger partial charge in [0.05, 0.1) is 10.5 Å². The van der Waals surface area contributed by atoms with Crippen LogP contribution in [0.1, 0.15) is 59.1 Å². The molecule has 1 amide bonds. The Balaban J connectivity index is 1.75. The average molecular weight is 457 g/mol. The van der Waals surface area contributed by atoms with E-state index in [9.17, 15) is 20.2 Å². The molecule has 1 aromatic heterocycles. The quantitative estimate of drug-likeness (QED) is 0.377. The zero-order chi connectivity index (χ0) is 22.9. The van der Waals surface area contributed by atoms with Crippen molar-refractivity contribution >= 4 is 45.3 Å². The van der Waals surface area contributed by atoms with Crippen LogP contribution in [0, 0.1) is 39.7 Å². The first-order valence-electron chi connectivity index (χ1n) is 9.93. The lowest BCUT2D eigenvalue weighted by atomic mass is 9.72. The SMILES string of the molecule is Cc1ccc(C(=O)NC(=S)Nc2sc3c(c2C#N)CCC(C(C)(C)C)C3)cc1[N+](=O)[O-]. The van der Waals surface area contributed by atoms with E-state index < -0.39 is 10.8 Å². The van der Waals surface area contributed by atoms with Gasteiger partial charge < -0.3 is 5.32 Å². The fraction of sp³-hybridized carbons (Fsp3) is 0.409. The summed E-state index contributed by atoms with van der Waals surface area (Å²) >= 11 is 6.78. The monoisotopic (exact) mass is 456 g/mol. The number of hydrogen-bond donors (Lipinski definition) is 2. The number of nitrogens with zero attached hydrogens (tertiary/aromatic N) is 2. The molecule has 0 fully saturated rings. The van der Waals surface area contributed by atoms with Crippen LogP contribution in [0.2, 0.25) is 0 Å². The van der Waals surface area contributed by atoms with Gasteiger partial charge >= 0.3 is 0 Å². The molecule has 162 valence electrons. The summed E-state index contributed by atoms with van der Waals surface area (Å²) in [5, 5.41) is 27.0. The van der Waals surface area contributed by atoms with Gasteiger partial charge in [0.1, 0.15) is 11.1 Å². The highest BCUT2D eigenvalue weighted by molar-refractivity contribution is 7.80. The highest BCUT2D eigenvalue weighted by Gasteiger charge is 2.32. The molecule has 1 heterocycles. The van der Waals surface area contributed by atoms with E-state index in [0.717, 1.165) is 24.8 Å². The molecule has 0 spiro atoms. The van der Waals surface area contributed by atoms with Gasteiger partial charge in [0.2, 0.25) is 0 Å². The number of nitro benzene ring substituents is 1. The van der Waals surface area contributed by atoms with E-state index in [1.54, 1.807) is 6.92 Å². The first-order chi connectivity index (χ1) is 14.5. The average Bonchev–Trinajstić information content (AvgIpc) is 3.03. The Hall–Kier alpha value is -2.83. The molecule has 9 heteroatoms. The maximum atomic E-state index is 12.5. The van der Waals surface area contributed by atoms with Gasteiger partial charge in [-0.05, 0) is 61.4 Å². The minimum atomic E-state index is -0.548. The molecule has 0 saturated heterocycles. The molecule has 1 aliphatic rings. The van der Waals surface area contributed by atoms with Crippen molar-refractivity contribution in [1.29, 1.82) is 5.26 Å². The third-order valence-corrected chi connectivity index (χ3v) is 7.10. The maximum absolute atomic E-state index is 12.5. The number of nitrogens with one attached hydrogen (secondary N) is 2. The van der Waals surface area contributed by atoms with Crippen molar-refractivity contribution in [2.75, 3.05) is 5.32 Å². The Bertz CT molecular complexity index is 1110. The molecule has 1 unspecified atom stereocenters. The van der Waals surface area contributed by atoms with Crippen molar-refractivity contribution < 1.29 is 9.72 Å². The van der Waals surface area contributed by atoms with Gasteiger partial charge in [0.15, 0.2) is 5.11 Å². The number of nitriles is 1. The summed E-state index contributed by atoms with van der Waals surface area (Å²) in [4.78, 5) is 24.3. The van der Waals surface area contributed by atoms with Crippen LogP contribution in [0.5, 0.6) is 0 Å². The molecule has 2 aromatic rings. The highest BCUT2D eigenvalue weighted by Crippen LogP contribution is 2.43. The topological polar surface area (TPSA) is 108 Å². The van der Waals surface area contributed by atoms with Crippen molar-refractivity contribution in [3.05, 3.63) is 55.4 Å². The molecular weight excluding hydrogens is 432 g/mol. The summed E-state index contributed by atoms with van der Waals surface area (Å²) in [6.45, 7) is 8.32. The van der Waals surface area contributed by atoms with Crippen LogP contribution in [-0.2, 0) is 12.8 Å². The number of thiocarbonyl (C=S) groups is 1. The van der Waals surface area contributed by atoms with E-state index in [1.165, 1.54) is 34.4 Å². The second kappa shape index (κ2) is 8.73. The van der Waals surface area contributed by atoms with Gasteiger partial charge in [0, 0.05) is 22.1 Å². The largest absolute Gasteiger partial charge is 0.323 e. The second-order valence-electron chi connectivity index (χ2n) is 8.79. The number of benzene rings is 1. The number of amides is 1. The lowest BCUT2D eigenvalue weighted by Crippen LogP contribution is -2.34. The van der Waals surface area contributed by atoms with Crippen LogP contribution < -0.4 is 10.6 Å². The predicted molar refractivity (Wildman–Crippen MR) is 126 cm³/mol. The number of carbonyl (C=O) groups is 1. The first kappa shape index (κ1) is 22.8. The van der Waals surface area contributed by atoms with E-state index in [4.69, 9.17) is 12.2 Å². The molecule has 7 nitrogen and oxygen atoms in total. The maximum Gasteiger partial charge on any atom is 0.273 e. The predicted octanol–water partition coefficient (Wildman–Crippen LogP) is 5.11. The second-order valence-corrected chi connectivity index (χ2v) is 10.3.